The van der Waals surface area contributed by atoms with Crippen molar-refractivity contribution in [2.75, 3.05) is 11.1 Å². The van der Waals surface area contributed by atoms with E-state index in [-0.39, 0.29) is 6.04 Å². The molecule has 0 heterocycles. The standard InChI is InChI=1S/C14H14Cl2N2/c1-9(10-3-2-4-11(15)7-10)18-14-6-5-12(17)8-13(14)16/h2-9,18H,17H2,1H3. The molecule has 0 fully saturated rings. The highest BCUT2D eigenvalue weighted by Gasteiger charge is 2.08. The highest BCUT2D eigenvalue weighted by molar-refractivity contribution is 6.33. The summed E-state index contributed by atoms with van der Waals surface area (Å²) in [7, 11) is 0. The topological polar surface area (TPSA) is 38.0 Å². The summed E-state index contributed by atoms with van der Waals surface area (Å²) in [5, 5.41) is 4.68. The van der Waals surface area contributed by atoms with Crippen molar-refractivity contribution in [3.63, 3.8) is 0 Å². The Hall–Kier alpha value is -1.38. The number of rotatable bonds is 3. The molecule has 2 aromatic rings. The SMILES string of the molecule is CC(Nc1ccc(N)cc1Cl)c1cccc(Cl)c1. The van der Waals surface area contributed by atoms with Crippen LogP contribution in [0.5, 0.6) is 0 Å². The van der Waals surface area contributed by atoms with Gasteiger partial charge in [-0.2, -0.15) is 0 Å². The quantitative estimate of drug-likeness (QED) is 0.797. The van der Waals surface area contributed by atoms with E-state index in [1.54, 1.807) is 6.07 Å². The smallest absolute Gasteiger partial charge is 0.0658 e. The third-order valence-corrected chi connectivity index (χ3v) is 3.26. The van der Waals surface area contributed by atoms with Crippen LogP contribution in [0, 0.1) is 0 Å². The summed E-state index contributed by atoms with van der Waals surface area (Å²) in [5.41, 5.74) is 8.28. The van der Waals surface area contributed by atoms with Crippen LogP contribution in [0.3, 0.4) is 0 Å². The normalized spacial score (nSPS) is 12.2. The van der Waals surface area contributed by atoms with Gasteiger partial charge in [0.15, 0.2) is 0 Å². The molecule has 2 nitrogen and oxygen atoms in total. The van der Waals surface area contributed by atoms with Crippen LogP contribution < -0.4 is 11.1 Å². The Morgan fingerprint density at radius 1 is 1.11 bits per heavy atom. The van der Waals surface area contributed by atoms with E-state index in [2.05, 4.69) is 12.2 Å². The second-order valence-corrected chi connectivity index (χ2v) is 5.00. The van der Waals surface area contributed by atoms with E-state index in [0.29, 0.717) is 10.7 Å². The number of anilines is 2. The summed E-state index contributed by atoms with van der Waals surface area (Å²) < 4.78 is 0. The van der Waals surface area contributed by atoms with Gasteiger partial charge in [0.25, 0.3) is 0 Å². The molecule has 0 aliphatic heterocycles. The lowest BCUT2D eigenvalue weighted by atomic mass is 10.1. The van der Waals surface area contributed by atoms with Gasteiger partial charge in [-0.05, 0) is 42.8 Å². The van der Waals surface area contributed by atoms with Crippen LogP contribution in [0.25, 0.3) is 0 Å². The first-order chi connectivity index (χ1) is 8.56. The Morgan fingerprint density at radius 3 is 2.56 bits per heavy atom. The van der Waals surface area contributed by atoms with E-state index in [0.717, 1.165) is 16.3 Å². The van der Waals surface area contributed by atoms with Crippen molar-refractivity contribution < 1.29 is 0 Å². The lowest BCUT2D eigenvalue weighted by Gasteiger charge is -2.17. The van der Waals surface area contributed by atoms with Crippen molar-refractivity contribution in [3.05, 3.63) is 58.1 Å². The van der Waals surface area contributed by atoms with E-state index in [9.17, 15) is 0 Å². The molecule has 0 amide bonds. The first-order valence-electron chi connectivity index (χ1n) is 5.63. The van der Waals surface area contributed by atoms with Gasteiger partial charge in [-0.3, -0.25) is 0 Å². The van der Waals surface area contributed by atoms with Gasteiger partial charge in [-0.15, -0.1) is 0 Å². The third kappa shape index (κ3) is 3.09. The lowest BCUT2D eigenvalue weighted by Crippen LogP contribution is -2.07. The molecule has 0 aliphatic rings. The second-order valence-electron chi connectivity index (χ2n) is 4.16. The van der Waals surface area contributed by atoms with E-state index < -0.39 is 0 Å². The van der Waals surface area contributed by atoms with Crippen molar-refractivity contribution in [2.45, 2.75) is 13.0 Å². The van der Waals surface area contributed by atoms with Crippen LogP contribution in [0.15, 0.2) is 42.5 Å². The van der Waals surface area contributed by atoms with Gasteiger partial charge in [-0.1, -0.05) is 35.3 Å². The molecule has 3 N–H and O–H groups in total. The number of hydrogen-bond donors (Lipinski definition) is 2. The molecule has 0 radical (unpaired) electrons. The Labute approximate surface area is 117 Å². The summed E-state index contributed by atoms with van der Waals surface area (Å²) in [6.07, 6.45) is 0. The second kappa shape index (κ2) is 5.51. The van der Waals surface area contributed by atoms with Gasteiger partial charge in [0.1, 0.15) is 0 Å². The number of nitrogen functional groups attached to an aromatic ring is 1. The molecule has 0 saturated carbocycles. The van der Waals surface area contributed by atoms with Crippen LogP contribution in [0.1, 0.15) is 18.5 Å². The lowest BCUT2D eigenvalue weighted by molar-refractivity contribution is 0.885. The van der Waals surface area contributed by atoms with Gasteiger partial charge < -0.3 is 11.1 Å². The number of benzene rings is 2. The molecule has 1 atom stereocenters. The van der Waals surface area contributed by atoms with Crippen molar-refractivity contribution in [3.8, 4) is 0 Å². The molecule has 0 aliphatic carbocycles. The molecular formula is C14H14Cl2N2. The van der Waals surface area contributed by atoms with Gasteiger partial charge in [0.2, 0.25) is 0 Å². The van der Waals surface area contributed by atoms with E-state index in [1.165, 1.54) is 0 Å². The molecular weight excluding hydrogens is 267 g/mol. The van der Waals surface area contributed by atoms with Gasteiger partial charge >= 0.3 is 0 Å². The Morgan fingerprint density at radius 2 is 1.89 bits per heavy atom. The Bertz CT molecular complexity index is 555. The molecule has 18 heavy (non-hydrogen) atoms. The maximum absolute atomic E-state index is 6.12. The number of hydrogen-bond acceptors (Lipinski definition) is 2. The molecule has 0 saturated heterocycles. The predicted octanol–water partition coefficient (Wildman–Crippen LogP) is 4.75. The molecule has 2 aromatic carbocycles. The van der Waals surface area contributed by atoms with Crippen molar-refractivity contribution in [1.82, 2.24) is 0 Å². The molecule has 2 rings (SSSR count). The minimum Gasteiger partial charge on any atom is -0.399 e. The fraction of sp³-hybridized carbons (Fsp3) is 0.143. The predicted molar refractivity (Wildman–Crippen MR) is 79.4 cm³/mol. The fourth-order valence-electron chi connectivity index (χ4n) is 1.74. The molecule has 4 heteroatoms. The average Bonchev–Trinajstić information content (AvgIpc) is 2.32. The van der Waals surface area contributed by atoms with Crippen LogP contribution >= 0.6 is 23.2 Å². The largest absolute Gasteiger partial charge is 0.399 e. The summed E-state index contributed by atoms with van der Waals surface area (Å²) in [6.45, 7) is 2.05. The van der Waals surface area contributed by atoms with Crippen molar-refractivity contribution in [1.29, 1.82) is 0 Å². The van der Waals surface area contributed by atoms with Gasteiger partial charge in [0, 0.05) is 16.8 Å². The van der Waals surface area contributed by atoms with Crippen molar-refractivity contribution in [2.24, 2.45) is 0 Å². The molecule has 0 spiro atoms. The molecule has 0 bridgehead atoms. The molecule has 94 valence electrons. The number of halogens is 2. The monoisotopic (exact) mass is 280 g/mol. The maximum Gasteiger partial charge on any atom is 0.0658 e. The molecule has 0 aromatic heterocycles. The highest BCUT2D eigenvalue weighted by atomic mass is 35.5. The summed E-state index contributed by atoms with van der Waals surface area (Å²) in [6, 6.07) is 13.3. The van der Waals surface area contributed by atoms with E-state index in [4.69, 9.17) is 28.9 Å². The minimum atomic E-state index is 0.116. The highest BCUT2D eigenvalue weighted by Crippen LogP contribution is 2.28. The van der Waals surface area contributed by atoms with Crippen LogP contribution in [-0.4, -0.2) is 0 Å². The van der Waals surface area contributed by atoms with Gasteiger partial charge in [0.05, 0.1) is 10.7 Å². The Balaban J connectivity index is 2.18. The summed E-state index contributed by atoms with van der Waals surface area (Å²) in [4.78, 5) is 0. The first kappa shape index (κ1) is 13.1. The minimum absolute atomic E-state index is 0.116. The van der Waals surface area contributed by atoms with Gasteiger partial charge in [-0.25, -0.2) is 0 Å². The number of nitrogens with two attached hydrogens (primary N) is 1. The van der Waals surface area contributed by atoms with Crippen LogP contribution in [-0.2, 0) is 0 Å². The fourth-order valence-corrected chi connectivity index (χ4v) is 2.18. The summed E-state index contributed by atoms with van der Waals surface area (Å²) in [5.74, 6) is 0. The maximum atomic E-state index is 6.12. The third-order valence-electron chi connectivity index (χ3n) is 2.71. The summed E-state index contributed by atoms with van der Waals surface area (Å²) >= 11 is 12.1. The Kier molecular flexibility index (Phi) is 4.00. The zero-order chi connectivity index (χ0) is 13.1. The zero-order valence-electron chi connectivity index (χ0n) is 9.95. The molecule has 1 unspecified atom stereocenters. The number of nitrogens with one attached hydrogen (secondary N) is 1. The first-order valence-corrected chi connectivity index (χ1v) is 6.39. The van der Waals surface area contributed by atoms with E-state index >= 15 is 0 Å². The zero-order valence-corrected chi connectivity index (χ0v) is 11.5. The van der Waals surface area contributed by atoms with E-state index in [1.807, 2.05) is 36.4 Å². The van der Waals surface area contributed by atoms with Crippen molar-refractivity contribution >= 4 is 34.6 Å². The average molecular weight is 281 g/mol. The van der Waals surface area contributed by atoms with Crippen LogP contribution in [0.4, 0.5) is 11.4 Å². The van der Waals surface area contributed by atoms with Crippen LogP contribution in [0.2, 0.25) is 10.0 Å².